The van der Waals surface area contributed by atoms with Gasteiger partial charge in [-0.15, -0.1) is 0 Å². The van der Waals surface area contributed by atoms with E-state index in [2.05, 4.69) is 55.2 Å². The molecule has 5 rings (SSSR count). The van der Waals surface area contributed by atoms with Gasteiger partial charge in [0.05, 0.1) is 22.6 Å². The van der Waals surface area contributed by atoms with Crippen LogP contribution in [-0.2, 0) is 13.6 Å². The average Bonchev–Trinajstić information content (AvgIpc) is 3.32. The maximum absolute atomic E-state index is 13.0. The van der Waals surface area contributed by atoms with Crippen molar-refractivity contribution in [1.82, 2.24) is 24.1 Å². The number of aryl methyl sites for hydroxylation is 3. The van der Waals surface area contributed by atoms with Crippen LogP contribution in [0.15, 0.2) is 59.5 Å². The minimum atomic E-state index is -0.0227. The maximum atomic E-state index is 13.0. The van der Waals surface area contributed by atoms with E-state index < -0.39 is 0 Å². The fraction of sp³-hybridized carbons (Fsp3) is 0.259. The number of nitrogens with zero attached hydrogens (tertiary/aromatic N) is 5. The van der Waals surface area contributed by atoms with Crippen molar-refractivity contribution in [1.29, 1.82) is 0 Å². The molecule has 0 unspecified atom stereocenters. The van der Waals surface area contributed by atoms with Gasteiger partial charge >= 0.3 is 4.87 Å². The summed E-state index contributed by atoms with van der Waals surface area (Å²) in [6.45, 7) is 8.74. The monoisotopic (exact) mass is 469 g/mol. The molecule has 3 heterocycles. The molecule has 0 spiro atoms. The number of hydrogen-bond acceptors (Lipinski definition) is 5. The molecule has 3 aromatic heterocycles. The van der Waals surface area contributed by atoms with Gasteiger partial charge in [0, 0.05) is 24.4 Å². The van der Waals surface area contributed by atoms with E-state index in [1.54, 1.807) is 4.57 Å². The van der Waals surface area contributed by atoms with Gasteiger partial charge in [-0.2, -0.15) is 0 Å². The molecule has 0 saturated heterocycles. The van der Waals surface area contributed by atoms with Gasteiger partial charge in [0.2, 0.25) is 0 Å². The molecule has 0 aliphatic rings. The number of hydrogen-bond donors (Lipinski definition) is 0. The fourth-order valence-corrected chi connectivity index (χ4v) is 5.25. The van der Waals surface area contributed by atoms with Crippen LogP contribution in [0, 0.1) is 13.8 Å². The van der Waals surface area contributed by atoms with Gasteiger partial charge in [-0.3, -0.25) is 9.36 Å². The van der Waals surface area contributed by atoms with Crippen LogP contribution in [0.3, 0.4) is 0 Å². The highest BCUT2D eigenvalue weighted by atomic mass is 32.1. The van der Waals surface area contributed by atoms with Crippen molar-refractivity contribution in [3.63, 3.8) is 0 Å². The number of rotatable bonds is 5. The zero-order valence-electron chi connectivity index (χ0n) is 20.0. The van der Waals surface area contributed by atoms with Crippen molar-refractivity contribution in [3.8, 4) is 22.8 Å². The Morgan fingerprint density at radius 3 is 2.38 bits per heavy atom. The lowest BCUT2D eigenvalue weighted by atomic mass is 9.97. The Labute approximate surface area is 202 Å². The summed E-state index contributed by atoms with van der Waals surface area (Å²) in [5, 5.41) is 0. The summed E-state index contributed by atoms with van der Waals surface area (Å²) in [7, 11) is 2.00. The van der Waals surface area contributed by atoms with E-state index in [-0.39, 0.29) is 4.87 Å². The lowest BCUT2D eigenvalue weighted by molar-refractivity contribution is 0.802. The predicted molar refractivity (Wildman–Crippen MR) is 138 cm³/mol. The highest BCUT2D eigenvalue weighted by Gasteiger charge is 2.17. The van der Waals surface area contributed by atoms with Crippen molar-refractivity contribution in [2.75, 3.05) is 0 Å². The van der Waals surface area contributed by atoms with Crippen molar-refractivity contribution in [2.45, 2.75) is 40.2 Å². The summed E-state index contributed by atoms with van der Waals surface area (Å²) >= 11 is 1.21. The quantitative estimate of drug-likeness (QED) is 0.331. The summed E-state index contributed by atoms with van der Waals surface area (Å²) < 4.78 is 4.63. The Bertz CT molecular complexity index is 1560. The van der Waals surface area contributed by atoms with E-state index in [1.165, 1.54) is 16.9 Å². The molecule has 0 amide bonds. The summed E-state index contributed by atoms with van der Waals surface area (Å²) in [4.78, 5) is 27.2. The highest BCUT2D eigenvalue weighted by Crippen LogP contribution is 2.29. The Balaban J connectivity index is 1.55. The second-order valence-corrected chi connectivity index (χ2v) is 9.96. The van der Waals surface area contributed by atoms with Gasteiger partial charge in [0.1, 0.15) is 5.82 Å². The van der Waals surface area contributed by atoms with Gasteiger partial charge in [0.25, 0.3) is 0 Å². The molecule has 172 valence electrons. The van der Waals surface area contributed by atoms with Crippen LogP contribution < -0.4 is 4.87 Å². The Morgan fingerprint density at radius 1 is 0.971 bits per heavy atom. The van der Waals surface area contributed by atoms with Crippen LogP contribution in [0.4, 0.5) is 0 Å². The molecular formula is C27H27N5OS. The molecule has 0 saturated carbocycles. The fourth-order valence-electron chi connectivity index (χ4n) is 4.37. The van der Waals surface area contributed by atoms with Crippen LogP contribution in [0.5, 0.6) is 0 Å². The Morgan fingerprint density at radius 2 is 1.71 bits per heavy atom. The molecule has 0 aliphatic carbocycles. The first-order valence-electron chi connectivity index (χ1n) is 11.4. The summed E-state index contributed by atoms with van der Waals surface area (Å²) in [6, 6.07) is 16.5. The third kappa shape index (κ3) is 3.96. The smallest absolute Gasteiger partial charge is 0.309 e. The number of imidazole rings is 1. The SMILES string of the molecule is Cc1cn(C)c(-c2ccc(Cn3c(=O)sc4c(C)nc(-c5ccccc5C(C)C)nc43)cc2)n1. The normalized spacial score (nSPS) is 11.6. The number of benzene rings is 2. The second kappa shape index (κ2) is 8.65. The average molecular weight is 470 g/mol. The summed E-state index contributed by atoms with van der Waals surface area (Å²) in [5.41, 5.74) is 6.82. The zero-order chi connectivity index (χ0) is 24.0. The lowest BCUT2D eigenvalue weighted by Crippen LogP contribution is -2.14. The van der Waals surface area contributed by atoms with E-state index in [9.17, 15) is 4.79 Å². The lowest BCUT2D eigenvalue weighted by Gasteiger charge is -2.12. The first-order valence-corrected chi connectivity index (χ1v) is 12.2. The number of fused-ring (bicyclic) bond motifs is 1. The van der Waals surface area contributed by atoms with Crippen LogP contribution in [0.25, 0.3) is 33.1 Å². The van der Waals surface area contributed by atoms with Gasteiger partial charge in [0.15, 0.2) is 11.5 Å². The molecule has 0 atom stereocenters. The molecule has 0 bridgehead atoms. The molecule has 0 aliphatic heterocycles. The minimum absolute atomic E-state index is 0.0227. The molecule has 2 aromatic carbocycles. The van der Waals surface area contributed by atoms with Crippen molar-refractivity contribution in [3.05, 3.63) is 86.9 Å². The van der Waals surface area contributed by atoms with E-state index in [0.717, 1.165) is 38.6 Å². The molecule has 34 heavy (non-hydrogen) atoms. The van der Waals surface area contributed by atoms with Crippen molar-refractivity contribution < 1.29 is 0 Å². The minimum Gasteiger partial charge on any atom is -0.334 e. The third-order valence-corrected chi connectivity index (χ3v) is 7.13. The molecule has 5 aromatic rings. The van der Waals surface area contributed by atoms with Gasteiger partial charge in [-0.25, -0.2) is 15.0 Å². The highest BCUT2D eigenvalue weighted by molar-refractivity contribution is 7.16. The molecular weight excluding hydrogens is 442 g/mol. The van der Waals surface area contributed by atoms with Crippen molar-refractivity contribution >= 4 is 21.7 Å². The third-order valence-electron chi connectivity index (χ3n) is 6.06. The summed E-state index contributed by atoms with van der Waals surface area (Å²) in [6.07, 6.45) is 2.01. The number of thiazole rings is 1. The second-order valence-electron chi connectivity index (χ2n) is 9.00. The molecule has 0 radical (unpaired) electrons. The first-order chi connectivity index (χ1) is 16.3. The maximum Gasteiger partial charge on any atom is 0.309 e. The summed E-state index contributed by atoms with van der Waals surface area (Å²) in [5.74, 6) is 1.95. The van der Waals surface area contributed by atoms with E-state index >= 15 is 0 Å². The van der Waals surface area contributed by atoms with Crippen molar-refractivity contribution in [2.24, 2.45) is 7.05 Å². The molecule has 7 heteroatoms. The molecule has 0 N–H and O–H groups in total. The van der Waals surface area contributed by atoms with Gasteiger partial charge in [-0.1, -0.05) is 73.7 Å². The van der Waals surface area contributed by atoms with Gasteiger partial charge < -0.3 is 4.57 Å². The number of aromatic nitrogens is 5. The predicted octanol–water partition coefficient (Wildman–Crippen LogP) is 5.71. The topological polar surface area (TPSA) is 65.6 Å². The molecule has 0 fully saturated rings. The van der Waals surface area contributed by atoms with Crippen LogP contribution in [0.1, 0.15) is 42.3 Å². The van der Waals surface area contributed by atoms with Crippen LogP contribution >= 0.6 is 11.3 Å². The van der Waals surface area contributed by atoms with E-state index in [4.69, 9.17) is 9.97 Å². The van der Waals surface area contributed by atoms with Crippen LogP contribution in [-0.4, -0.2) is 24.1 Å². The van der Waals surface area contributed by atoms with E-state index in [1.807, 2.05) is 43.8 Å². The Kier molecular flexibility index (Phi) is 5.65. The zero-order valence-corrected chi connectivity index (χ0v) is 20.8. The van der Waals surface area contributed by atoms with E-state index in [0.29, 0.717) is 23.9 Å². The van der Waals surface area contributed by atoms with Crippen LogP contribution in [0.2, 0.25) is 0 Å². The first kappa shape index (κ1) is 22.2. The standard InChI is InChI=1S/C27H27N5OS/c1-16(2)21-8-6-7-9-22(21)24-29-18(4)23-26(30-24)32(27(33)34-23)15-19-10-12-20(13-11-19)25-28-17(3)14-31(25)5/h6-14,16H,15H2,1-5H3. The Hall–Kier alpha value is -3.58. The molecule has 6 nitrogen and oxygen atoms in total. The largest absolute Gasteiger partial charge is 0.334 e. The van der Waals surface area contributed by atoms with Gasteiger partial charge in [-0.05, 0) is 30.9 Å².